The fraction of sp³-hybridized carbons (Fsp3) is 0.400. The molecule has 3 heteroatoms. The number of hydrogen-bond acceptors (Lipinski definition) is 2. The highest BCUT2D eigenvalue weighted by Crippen LogP contribution is 2.10. The second-order valence-corrected chi connectivity index (χ2v) is 4.61. The Hall–Kier alpha value is -1.61. The maximum Gasteiger partial charge on any atom is 0.0570 e. The maximum absolute atomic E-state index is 4.36. The summed E-state index contributed by atoms with van der Waals surface area (Å²) in [4.78, 5) is 4.36. The smallest absolute Gasteiger partial charge is 0.0570 e. The van der Waals surface area contributed by atoms with Crippen LogP contribution in [0.1, 0.15) is 37.6 Å². The van der Waals surface area contributed by atoms with Crippen LogP contribution in [0.4, 0.5) is 0 Å². The van der Waals surface area contributed by atoms with Crippen LogP contribution >= 0.6 is 0 Å². The van der Waals surface area contributed by atoms with Gasteiger partial charge in [-0.3, -0.25) is 4.98 Å². The van der Waals surface area contributed by atoms with E-state index in [0.29, 0.717) is 0 Å². The minimum Gasteiger partial charge on any atom is -0.354 e. The van der Waals surface area contributed by atoms with Gasteiger partial charge in [-0.2, -0.15) is 0 Å². The minimum absolute atomic E-state index is 0.278. The van der Waals surface area contributed by atoms with Gasteiger partial charge in [0.1, 0.15) is 0 Å². The first-order valence-electron chi connectivity index (χ1n) is 6.58. The average molecular weight is 243 g/mol. The minimum atomic E-state index is 0.278. The molecule has 0 saturated heterocycles. The predicted octanol–water partition coefficient (Wildman–Crippen LogP) is 3.14. The summed E-state index contributed by atoms with van der Waals surface area (Å²) in [6, 6.07) is 8.48. The van der Waals surface area contributed by atoms with Crippen LogP contribution in [-0.2, 0) is 13.1 Å². The Kier molecular flexibility index (Phi) is 4.53. The first-order chi connectivity index (χ1) is 8.79. The first kappa shape index (κ1) is 12.8. The van der Waals surface area contributed by atoms with Gasteiger partial charge in [0.25, 0.3) is 0 Å². The van der Waals surface area contributed by atoms with E-state index >= 15 is 0 Å². The summed E-state index contributed by atoms with van der Waals surface area (Å²) in [7, 11) is 0. The number of hydrogen-bond donors (Lipinski definition) is 1. The van der Waals surface area contributed by atoms with Crippen molar-refractivity contribution in [2.45, 2.75) is 39.4 Å². The van der Waals surface area contributed by atoms with E-state index in [2.05, 4.69) is 53.2 Å². The number of pyridine rings is 1. The third-order valence-electron chi connectivity index (χ3n) is 3.04. The number of nitrogens with one attached hydrogen (secondary N) is 1. The van der Waals surface area contributed by atoms with Crippen molar-refractivity contribution in [3.8, 4) is 0 Å². The Labute approximate surface area is 109 Å². The number of rotatable bonds is 6. The summed E-state index contributed by atoms with van der Waals surface area (Å²) in [5.74, 6) is 0. The van der Waals surface area contributed by atoms with Gasteiger partial charge >= 0.3 is 0 Å². The third-order valence-corrected chi connectivity index (χ3v) is 3.04. The van der Waals surface area contributed by atoms with E-state index in [1.54, 1.807) is 0 Å². The standard InChI is InChI=1S/C15H21N3/c1-3-9-18-10-7-14(12-18)11-17-13(2)15-6-4-5-8-16-15/h4-8,10,12-13,17H,3,9,11H2,1-2H3/t13-/m1/s1. The second kappa shape index (κ2) is 6.36. The molecule has 0 radical (unpaired) electrons. The highest BCUT2D eigenvalue weighted by Gasteiger charge is 2.05. The van der Waals surface area contributed by atoms with Crippen LogP contribution in [0.3, 0.4) is 0 Å². The lowest BCUT2D eigenvalue weighted by atomic mass is 10.2. The highest BCUT2D eigenvalue weighted by atomic mass is 15.0. The Morgan fingerprint density at radius 3 is 2.94 bits per heavy atom. The number of aromatic nitrogens is 2. The largest absolute Gasteiger partial charge is 0.354 e. The summed E-state index contributed by atoms with van der Waals surface area (Å²) in [6.07, 6.45) is 7.37. The van der Waals surface area contributed by atoms with Gasteiger partial charge in [0.05, 0.1) is 5.69 Å². The second-order valence-electron chi connectivity index (χ2n) is 4.61. The molecule has 0 saturated carbocycles. The molecule has 0 amide bonds. The van der Waals surface area contributed by atoms with Gasteiger partial charge in [0.2, 0.25) is 0 Å². The number of aryl methyl sites for hydroxylation is 1. The third kappa shape index (κ3) is 3.44. The quantitative estimate of drug-likeness (QED) is 0.844. The van der Waals surface area contributed by atoms with Crippen molar-refractivity contribution < 1.29 is 0 Å². The highest BCUT2D eigenvalue weighted by molar-refractivity contribution is 5.12. The van der Waals surface area contributed by atoms with Gasteiger partial charge in [-0.25, -0.2) is 0 Å². The van der Waals surface area contributed by atoms with Crippen molar-refractivity contribution in [1.29, 1.82) is 0 Å². The fourth-order valence-corrected chi connectivity index (χ4v) is 2.00. The molecule has 2 rings (SSSR count). The van der Waals surface area contributed by atoms with E-state index in [4.69, 9.17) is 0 Å². The molecule has 0 aliphatic heterocycles. The molecule has 2 heterocycles. The van der Waals surface area contributed by atoms with Crippen LogP contribution in [0.25, 0.3) is 0 Å². The Morgan fingerprint density at radius 2 is 2.22 bits per heavy atom. The van der Waals surface area contributed by atoms with Crippen LogP contribution in [0.15, 0.2) is 42.9 Å². The van der Waals surface area contributed by atoms with Gasteiger partial charge in [-0.15, -0.1) is 0 Å². The van der Waals surface area contributed by atoms with E-state index in [1.165, 1.54) is 12.0 Å². The van der Waals surface area contributed by atoms with Crippen LogP contribution in [0, 0.1) is 0 Å². The van der Waals surface area contributed by atoms with Gasteiger partial charge in [0.15, 0.2) is 0 Å². The molecule has 0 unspecified atom stereocenters. The normalized spacial score (nSPS) is 12.6. The Morgan fingerprint density at radius 1 is 1.33 bits per heavy atom. The van der Waals surface area contributed by atoms with Crippen LogP contribution in [0.2, 0.25) is 0 Å². The molecular formula is C15H21N3. The summed E-state index contributed by atoms with van der Waals surface area (Å²) in [5, 5.41) is 3.49. The lowest BCUT2D eigenvalue weighted by Crippen LogP contribution is -2.18. The zero-order valence-corrected chi connectivity index (χ0v) is 11.1. The molecule has 96 valence electrons. The molecule has 1 N–H and O–H groups in total. The topological polar surface area (TPSA) is 29.9 Å². The maximum atomic E-state index is 4.36. The summed E-state index contributed by atoms with van der Waals surface area (Å²) in [6.45, 7) is 6.32. The molecule has 1 atom stereocenters. The van der Waals surface area contributed by atoms with E-state index in [9.17, 15) is 0 Å². The van der Waals surface area contributed by atoms with Crippen molar-refractivity contribution in [1.82, 2.24) is 14.9 Å². The molecule has 18 heavy (non-hydrogen) atoms. The molecule has 0 aromatic carbocycles. The molecule has 2 aromatic heterocycles. The van der Waals surface area contributed by atoms with Gasteiger partial charge < -0.3 is 9.88 Å². The van der Waals surface area contributed by atoms with Crippen LogP contribution in [0.5, 0.6) is 0 Å². The van der Waals surface area contributed by atoms with E-state index in [-0.39, 0.29) is 6.04 Å². The van der Waals surface area contributed by atoms with Gasteiger partial charge in [0, 0.05) is 37.7 Å². The zero-order valence-electron chi connectivity index (χ0n) is 11.1. The number of nitrogens with zero attached hydrogens (tertiary/aromatic N) is 2. The summed E-state index contributed by atoms with van der Waals surface area (Å²) >= 11 is 0. The average Bonchev–Trinajstić information content (AvgIpc) is 2.85. The molecule has 0 aliphatic carbocycles. The van der Waals surface area contributed by atoms with E-state index < -0.39 is 0 Å². The van der Waals surface area contributed by atoms with Gasteiger partial charge in [-0.1, -0.05) is 13.0 Å². The summed E-state index contributed by atoms with van der Waals surface area (Å²) < 4.78 is 2.24. The Bertz CT molecular complexity index is 462. The SMILES string of the molecule is CCCn1ccc(CN[C@H](C)c2ccccn2)c1. The van der Waals surface area contributed by atoms with E-state index in [0.717, 1.165) is 18.8 Å². The lowest BCUT2D eigenvalue weighted by molar-refractivity contribution is 0.560. The lowest BCUT2D eigenvalue weighted by Gasteiger charge is -2.12. The summed E-state index contributed by atoms with van der Waals surface area (Å²) in [5.41, 5.74) is 2.41. The molecule has 3 nitrogen and oxygen atoms in total. The van der Waals surface area contributed by atoms with Crippen LogP contribution < -0.4 is 5.32 Å². The van der Waals surface area contributed by atoms with Crippen molar-refractivity contribution in [3.05, 3.63) is 54.1 Å². The van der Waals surface area contributed by atoms with E-state index in [1.807, 2.05) is 18.3 Å². The molecule has 0 bridgehead atoms. The van der Waals surface area contributed by atoms with Crippen molar-refractivity contribution >= 4 is 0 Å². The fourth-order valence-electron chi connectivity index (χ4n) is 2.00. The molecule has 0 spiro atoms. The first-order valence-corrected chi connectivity index (χ1v) is 6.58. The van der Waals surface area contributed by atoms with Crippen molar-refractivity contribution in [2.75, 3.05) is 0 Å². The molecule has 2 aromatic rings. The molecule has 0 fully saturated rings. The van der Waals surface area contributed by atoms with Crippen molar-refractivity contribution in [2.24, 2.45) is 0 Å². The Balaban J connectivity index is 1.87. The monoisotopic (exact) mass is 243 g/mol. The zero-order chi connectivity index (χ0) is 12.8. The molecule has 0 aliphatic rings. The van der Waals surface area contributed by atoms with Crippen LogP contribution in [-0.4, -0.2) is 9.55 Å². The predicted molar refractivity (Wildman–Crippen MR) is 74.2 cm³/mol. The van der Waals surface area contributed by atoms with Gasteiger partial charge in [-0.05, 0) is 37.1 Å². The molecular weight excluding hydrogens is 222 g/mol. The van der Waals surface area contributed by atoms with Crippen molar-refractivity contribution in [3.63, 3.8) is 0 Å².